The molecule has 0 bridgehead atoms. The number of hydrogen-bond donors (Lipinski definition) is 2. The highest BCUT2D eigenvalue weighted by Crippen LogP contribution is 2.44. The lowest BCUT2D eigenvalue weighted by atomic mass is 9.95. The molecule has 2 aliphatic carbocycles. The van der Waals surface area contributed by atoms with E-state index in [0.29, 0.717) is 22.7 Å². The van der Waals surface area contributed by atoms with Gasteiger partial charge in [0.15, 0.2) is 5.96 Å². The fourth-order valence-electron chi connectivity index (χ4n) is 2.99. The molecule has 2 saturated carbocycles. The lowest BCUT2D eigenvalue weighted by Crippen LogP contribution is -2.47. The predicted octanol–water partition coefficient (Wildman–Crippen LogP) is 2.65. The van der Waals surface area contributed by atoms with Gasteiger partial charge in [-0.25, -0.2) is 0 Å². The number of rotatable bonds is 4. The third-order valence-electron chi connectivity index (χ3n) is 4.67. The van der Waals surface area contributed by atoms with Gasteiger partial charge >= 0.3 is 0 Å². The monoisotopic (exact) mass is 427 g/mol. The highest BCUT2D eigenvalue weighted by molar-refractivity contribution is 14.0. The van der Waals surface area contributed by atoms with Gasteiger partial charge in [-0.3, -0.25) is 9.20 Å². The zero-order valence-corrected chi connectivity index (χ0v) is 16.8. The van der Waals surface area contributed by atoms with Crippen LogP contribution < -0.4 is 10.6 Å². The van der Waals surface area contributed by atoms with Crippen molar-refractivity contribution in [1.82, 2.24) is 10.6 Å². The van der Waals surface area contributed by atoms with Gasteiger partial charge in [0.25, 0.3) is 0 Å². The van der Waals surface area contributed by atoms with E-state index in [9.17, 15) is 4.21 Å². The zero-order valence-electron chi connectivity index (χ0n) is 13.6. The normalized spacial score (nSPS) is 32.8. The molecule has 4 nitrogen and oxygen atoms in total. The molecule has 4 atom stereocenters. The Morgan fingerprint density at radius 1 is 1.33 bits per heavy atom. The largest absolute Gasteiger partial charge is 0.354 e. The molecule has 0 radical (unpaired) electrons. The van der Waals surface area contributed by atoms with Gasteiger partial charge in [0.1, 0.15) is 0 Å². The summed E-state index contributed by atoms with van der Waals surface area (Å²) < 4.78 is 12.0. The molecule has 2 rings (SSSR count). The lowest BCUT2D eigenvalue weighted by Gasteiger charge is -2.30. The standard InChI is InChI=1S/C15H29N3OS.HI/c1-5-20(19)12-8-6-7-11(9-12)17-14(16-4)18-13-10-15(13,2)3;/h11-13H,5-10H2,1-4H3,(H2,16,17,18);1H. The molecule has 2 N–H and O–H groups in total. The topological polar surface area (TPSA) is 53.5 Å². The Bertz CT molecular complexity index is 400. The van der Waals surface area contributed by atoms with Crippen molar-refractivity contribution in [2.24, 2.45) is 10.4 Å². The maximum atomic E-state index is 12.0. The van der Waals surface area contributed by atoms with Crippen LogP contribution in [0.5, 0.6) is 0 Å². The van der Waals surface area contributed by atoms with E-state index in [0.717, 1.165) is 31.0 Å². The molecule has 0 amide bonds. The molecule has 21 heavy (non-hydrogen) atoms. The van der Waals surface area contributed by atoms with E-state index >= 15 is 0 Å². The van der Waals surface area contributed by atoms with Gasteiger partial charge < -0.3 is 10.6 Å². The fourth-order valence-corrected chi connectivity index (χ4v) is 4.34. The van der Waals surface area contributed by atoms with E-state index in [4.69, 9.17) is 0 Å². The molecule has 0 heterocycles. The smallest absolute Gasteiger partial charge is 0.191 e. The second-order valence-electron chi connectivity index (χ2n) is 6.76. The summed E-state index contributed by atoms with van der Waals surface area (Å²) in [6, 6.07) is 0.954. The summed E-state index contributed by atoms with van der Waals surface area (Å²) >= 11 is 0. The Hall–Kier alpha value is 0.150. The van der Waals surface area contributed by atoms with Crippen molar-refractivity contribution in [3.8, 4) is 0 Å². The molecule has 2 fully saturated rings. The zero-order chi connectivity index (χ0) is 14.8. The van der Waals surface area contributed by atoms with Crippen molar-refractivity contribution in [2.75, 3.05) is 12.8 Å². The van der Waals surface area contributed by atoms with Crippen LogP contribution in [0.1, 0.15) is 52.9 Å². The van der Waals surface area contributed by atoms with Gasteiger partial charge in [0.2, 0.25) is 0 Å². The van der Waals surface area contributed by atoms with Gasteiger partial charge in [-0.2, -0.15) is 0 Å². The van der Waals surface area contributed by atoms with Crippen molar-refractivity contribution in [3.05, 3.63) is 0 Å². The number of aliphatic imine (C=N–C) groups is 1. The molecular weight excluding hydrogens is 397 g/mol. The van der Waals surface area contributed by atoms with Crippen molar-refractivity contribution in [3.63, 3.8) is 0 Å². The third-order valence-corrected chi connectivity index (χ3v) is 6.41. The quantitative estimate of drug-likeness (QED) is 0.412. The first-order valence-corrected chi connectivity index (χ1v) is 9.21. The first-order chi connectivity index (χ1) is 9.46. The maximum absolute atomic E-state index is 12.0. The minimum atomic E-state index is -0.662. The Morgan fingerprint density at radius 3 is 2.52 bits per heavy atom. The number of halogens is 1. The van der Waals surface area contributed by atoms with E-state index < -0.39 is 10.8 Å². The van der Waals surface area contributed by atoms with Crippen molar-refractivity contribution >= 4 is 40.7 Å². The van der Waals surface area contributed by atoms with Gasteiger partial charge in [-0.1, -0.05) is 27.2 Å². The van der Waals surface area contributed by atoms with Gasteiger partial charge in [0.05, 0.1) is 0 Å². The van der Waals surface area contributed by atoms with Crippen LogP contribution in [0.4, 0.5) is 0 Å². The first-order valence-electron chi connectivity index (χ1n) is 7.83. The van der Waals surface area contributed by atoms with Crippen LogP contribution >= 0.6 is 24.0 Å². The van der Waals surface area contributed by atoms with Crippen molar-refractivity contribution in [2.45, 2.75) is 70.2 Å². The summed E-state index contributed by atoms with van der Waals surface area (Å²) in [5, 5.41) is 7.39. The summed E-state index contributed by atoms with van der Waals surface area (Å²) in [5.74, 6) is 1.69. The van der Waals surface area contributed by atoms with Gasteiger partial charge in [0, 0.05) is 40.9 Å². The van der Waals surface area contributed by atoms with E-state index in [1.54, 1.807) is 0 Å². The van der Waals surface area contributed by atoms with Gasteiger partial charge in [-0.15, -0.1) is 24.0 Å². The Labute approximate surface area is 148 Å². The average molecular weight is 427 g/mol. The summed E-state index contributed by atoms with van der Waals surface area (Å²) in [5.41, 5.74) is 0.399. The minimum absolute atomic E-state index is 0. The number of nitrogens with one attached hydrogen (secondary N) is 2. The molecule has 124 valence electrons. The molecule has 0 saturated heterocycles. The Morgan fingerprint density at radius 2 is 2.00 bits per heavy atom. The van der Waals surface area contributed by atoms with Crippen molar-refractivity contribution < 1.29 is 4.21 Å². The highest BCUT2D eigenvalue weighted by atomic mass is 127. The SMILES string of the molecule is CCS(=O)C1CCCC(NC(=NC)NC2CC2(C)C)C1.I. The van der Waals surface area contributed by atoms with E-state index in [-0.39, 0.29) is 24.0 Å². The molecule has 2 aliphatic rings. The highest BCUT2D eigenvalue weighted by Gasteiger charge is 2.46. The van der Waals surface area contributed by atoms with Gasteiger partial charge in [-0.05, 0) is 31.1 Å². The molecule has 0 aromatic heterocycles. The van der Waals surface area contributed by atoms with Crippen LogP contribution in [0.15, 0.2) is 4.99 Å². The second kappa shape index (κ2) is 8.13. The molecular formula is C15H30IN3OS. The Balaban J connectivity index is 0.00000220. The summed E-state index contributed by atoms with van der Waals surface area (Å²) in [6.45, 7) is 6.57. The predicted molar refractivity (Wildman–Crippen MR) is 102 cm³/mol. The number of nitrogens with zero attached hydrogens (tertiary/aromatic N) is 1. The lowest BCUT2D eigenvalue weighted by molar-refractivity contribution is 0.412. The van der Waals surface area contributed by atoms with Crippen LogP contribution in [0.2, 0.25) is 0 Å². The molecule has 0 aromatic carbocycles. The Kier molecular flexibility index (Phi) is 7.43. The molecule has 0 aromatic rings. The van der Waals surface area contributed by atoms with Crippen molar-refractivity contribution in [1.29, 1.82) is 0 Å². The fraction of sp³-hybridized carbons (Fsp3) is 0.933. The average Bonchev–Trinajstić information content (AvgIpc) is 3.04. The van der Waals surface area contributed by atoms with Crippen LogP contribution in [0.3, 0.4) is 0 Å². The van der Waals surface area contributed by atoms with E-state index in [1.165, 1.54) is 12.8 Å². The maximum Gasteiger partial charge on any atom is 0.191 e. The van der Waals surface area contributed by atoms with Crippen LogP contribution in [0.25, 0.3) is 0 Å². The second-order valence-corrected chi connectivity index (χ2v) is 8.77. The van der Waals surface area contributed by atoms with Crippen LogP contribution in [-0.2, 0) is 10.8 Å². The summed E-state index contributed by atoms with van der Waals surface area (Å²) in [7, 11) is 1.17. The van der Waals surface area contributed by atoms with Crippen LogP contribution in [-0.4, -0.2) is 40.3 Å². The first kappa shape index (κ1) is 19.2. The number of guanidine groups is 1. The summed E-state index contributed by atoms with van der Waals surface area (Å²) in [6.07, 6.45) is 5.66. The van der Waals surface area contributed by atoms with E-state index in [1.807, 2.05) is 14.0 Å². The minimum Gasteiger partial charge on any atom is -0.354 e. The molecule has 6 heteroatoms. The van der Waals surface area contributed by atoms with Crippen LogP contribution in [0, 0.1) is 5.41 Å². The summed E-state index contributed by atoms with van der Waals surface area (Å²) in [4.78, 5) is 4.34. The molecule has 4 unspecified atom stereocenters. The molecule has 0 spiro atoms. The number of hydrogen-bond acceptors (Lipinski definition) is 2. The van der Waals surface area contributed by atoms with E-state index in [2.05, 4.69) is 29.5 Å². The molecule has 0 aliphatic heterocycles. The third kappa shape index (κ3) is 5.37.